The van der Waals surface area contributed by atoms with E-state index in [9.17, 15) is 14.0 Å². The summed E-state index contributed by atoms with van der Waals surface area (Å²) in [4.78, 5) is 33.3. The van der Waals surface area contributed by atoms with Gasteiger partial charge in [-0.3, -0.25) is 9.69 Å². The van der Waals surface area contributed by atoms with Gasteiger partial charge in [-0.15, -0.1) is 0 Å². The normalized spacial score (nSPS) is 19.5. The molecule has 0 aliphatic carbocycles. The number of amides is 2. The molecule has 0 unspecified atom stereocenters. The zero-order valence-electron chi connectivity index (χ0n) is 17.5. The highest BCUT2D eigenvalue weighted by molar-refractivity contribution is 5.86. The smallest absolute Gasteiger partial charge is 0.410 e. The lowest BCUT2D eigenvalue weighted by Crippen LogP contribution is -2.55. The largest absolute Gasteiger partial charge is 0.444 e. The van der Waals surface area contributed by atoms with Crippen LogP contribution in [-0.2, 0) is 9.53 Å². The predicted molar refractivity (Wildman–Crippen MR) is 110 cm³/mol. The zero-order valence-corrected chi connectivity index (χ0v) is 17.5. The number of likely N-dealkylation sites (tertiary alicyclic amines) is 1. The Labute approximate surface area is 175 Å². The number of carbonyl (C=O) groups excluding carboxylic acids is 2. The quantitative estimate of drug-likeness (QED) is 0.423. The highest BCUT2D eigenvalue weighted by Crippen LogP contribution is 2.27. The van der Waals surface area contributed by atoms with Crippen molar-refractivity contribution in [1.29, 1.82) is 0 Å². The van der Waals surface area contributed by atoms with E-state index >= 15 is 0 Å². The molecular formula is C20H27FN6O3. The van der Waals surface area contributed by atoms with Crippen LogP contribution in [-0.4, -0.2) is 66.2 Å². The highest BCUT2D eigenvalue weighted by Gasteiger charge is 2.39. The molecule has 2 aliphatic heterocycles. The summed E-state index contributed by atoms with van der Waals surface area (Å²) in [6, 6.07) is 3.83. The van der Waals surface area contributed by atoms with Crippen LogP contribution in [0.15, 0.2) is 23.3 Å². The molecule has 10 heteroatoms. The number of rotatable bonds is 3. The second kappa shape index (κ2) is 8.79. The first-order chi connectivity index (χ1) is 14.2. The molecule has 0 saturated carbocycles. The Morgan fingerprint density at radius 3 is 2.50 bits per heavy atom. The van der Waals surface area contributed by atoms with Gasteiger partial charge in [-0.2, -0.15) is 0 Å². The molecule has 2 saturated heterocycles. The van der Waals surface area contributed by atoms with Crippen molar-refractivity contribution < 1.29 is 18.7 Å². The molecule has 1 atom stereocenters. The second-order valence-electron chi connectivity index (χ2n) is 8.47. The van der Waals surface area contributed by atoms with Crippen molar-refractivity contribution in [2.45, 2.75) is 45.3 Å². The lowest BCUT2D eigenvalue weighted by Gasteiger charge is -2.38. The van der Waals surface area contributed by atoms with E-state index in [2.05, 4.69) is 10.0 Å². The first-order valence-corrected chi connectivity index (χ1v) is 10.1. The summed E-state index contributed by atoms with van der Waals surface area (Å²) in [6.45, 7) is 7.74. The summed E-state index contributed by atoms with van der Waals surface area (Å²) in [5.74, 6) is -0.552. The fraction of sp³-hybridized carbons (Fsp3) is 0.600. The molecule has 162 valence electrons. The van der Waals surface area contributed by atoms with Crippen molar-refractivity contribution in [1.82, 2.24) is 9.80 Å². The summed E-state index contributed by atoms with van der Waals surface area (Å²) < 4.78 is 19.8. The molecule has 2 aliphatic rings. The lowest BCUT2D eigenvalue weighted by atomic mass is 10.1. The minimum absolute atomic E-state index is 0.0859. The van der Waals surface area contributed by atoms with Crippen molar-refractivity contribution in [3.63, 3.8) is 0 Å². The summed E-state index contributed by atoms with van der Waals surface area (Å²) in [6.07, 6.45) is 0.922. The van der Waals surface area contributed by atoms with E-state index in [-0.39, 0.29) is 11.6 Å². The molecule has 2 heterocycles. The highest BCUT2D eigenvalue weighted by atomic mass is 19.1. The van der Waals surface area contributed by atoms with Crippen molar-refractivity contribution >= 4 is 23.4 Å². The molecule has 3 rings (SSSR count). The van der Waals surface area contributed by atoms with Crippen LogP contribution in [0.3, 0.4) is 0 Å². The van der Waals surface area contributed by atoms with Crippen LogP contribution in [0.2, 0.25) is 0 Å². The molecule has 1 aromatic carbocycles. The third kappa shape index (κ3) is 4.94. The molecule has 0 aromatic heterocycles. The number of ether oxygens (including phenoxy) is 1. The number of carbonyl (C=O) groups is 2. The van der Waals surface area contributed by atoms with Gasteiger partial charge in [0, 0.05) is 43.3 Å². The van der Waals surface area contributed by atoms with E-state index in [1.165, 1.54) is 11.0 Å². The standard InChI is InChI=1S/C20H27FN6O3/c1-20(2,3)30-19(29)27-8-4-5-17(27)18(28)26-11-9-25(10-12-26)16-7-6-14(23-24-22)13-15(16)21/h6-7,13,17H,4-5,8-12H2,1-3H3/t17-/m0/s1. The first kappa shape index (κ1) is 21.7. The van der Waals surface area contributed by atoms with Crippen LogP contribution in [0.4, 0.5) is 20.6 Å². The monoisotopic (exact) mass is 418 g/mol. The number of benzene rings is 1. The van der Waals surface area contributed by atoms with E-state index in [0.29, 0.717) is 44.8 Å². The van der Waals surface area contributed by atoms with Crippen LogP contribution >= 0.6 is 0 Å². The summed E-state index contributed by atoms with van der Waals surface area (Å²) in [5, 5.41) is 3.40. The molecule has 1 aromatic rings. The van der Waals surface area contributed by atoms with Gasteiger partial charge in [0.25, 0.3) is 0 Å². The molecule has 9 nitrogen and oxygen atoms in total. The fourth-order valence-electron chi connectivity index (χ4n) is 3.81. The maximum absolute atomic E-state index is 14.4. The molecule has 0 bridgehead atoms. The van der Waals surface area contributed by atoms with Gasteiger partial charge in [0.15, 0.2) is 0 Å². The Bertz CT molecular complexity index is 857. The minimum Gasteiger partial charge on any atom is -0.444 e. The lowest BCUT2D eigenvalue weighted by molar-refractivity contribution is -0.136. The molecule has 30 heavy (non-hydrogen) atoms. The van der Waals surface area contributed by atoms with Crippen LogP contribution < -0.4 is 4.90 Å². The number of nitrogens with zero attached hydrogens (tertiary/aromatic N) is 6. The van der Waals surface area contributed by atoms with Gasteiger partial charge in [-0.05, 0) is 51.3 Å². The number of azide groups is 1. The van der Waals surface area contributed by atoms with E-state index in [0.717, 1.165) is 6.42 Å². The summed E-state index contributed by atoms with van der Waals surface area (Å²) in [5.41, 5.74) is 8.48. The zero-order chi connectivity index (χ0) is 21.9. The molecule has 0 N–H and O–H groups in total. The van der Waals surface area contributed by atoms with Gasteiger partial charge in [-0.25, -0.2) is 9.18 Å². The molecule has 0 radical (unpaired) electrons. The third-order valence-electron chi connectivity index (χ3n) is 5.19. The first-order valence-electron chi connectivity index (χ1n) is 10.1. The predicted octanol–water partition coefficient (Wildman–Crippen LogP) is 3.82. The van der Waals surface area contributed by atoms with Gasteiger partial charge in [-0.1, -0.05) is 11.2 Å². The number of piperazine rings is 1. The second-order valence-corrected chi connectivity index (χ2v) is 8.47. The Kier molecular flexibility index (Phi) is 6.36. The number of halogens is 1. The average Bonchev–Trinajstić information content (AvgIpc) is 3.17. The van der Waals surface area contributed by atoms with Gasteiger partial charge in [0.05, 0.1) is 5.69 Å². The maximum Gasteiger partial charge on any atom is 0.410 e. The number of anilines is 1. The van der Waals surface area contributed by atoms with Crippen molar-refractivity contribution in [3.05, 3.63) is 34.5 Å². The van der Waals surface area contributed by atoms with Gasteiger partial charge in [0.2, 0.25) is 5.91 Å². The Balaban J connectivity index is 1.61. The van der Waals surface area contributed by atoms with Crippen LogP contribution in [0.1, 0.15) is 33.6 Å². The van der Waals surface area contributed by atoms with E-state index < -0.39 is 23.6 Å². The van der Waals surface area contributed by atoms with E-state index in [1.807, 2.05) is 4.90 Å². The molecule has 2 amide bonds. The Hall–Kier alpha value is -3.00. The average molecular weight is 418 g/mol. The van der Waals surface area contributed by atoms with Crippen molar-refractivity contribution in [3.8, 4) is 0 Å². The SMILES string of the molecule is CC(C)(C)OC(=O)N1CCC[C@H]1C(=O)N1CCN(c2ccc(N=[N+]=[N-])cc2F)CC1. The van der Waals surface area contributed by atoms with E-state index in [1.54, 1.807) is 37.8 Å². The Morgan fingerprint density at radius 1 is 1.20 bits per heavy atom. The van der Waals surface area contributed by atoms with Crippen molar-refractivity contribution in [2.75, 3.05) is 37.6 Å². The summed E-state index contributed by atoms with van der Waals surface area (Å²) >= 11 is 0. The Morgan fingerprint density at radius 2 is 1.90 bits per heavy atom. The molecule has 0 spiro atoms. The number of hydrogen-bond acceptors (Lipinski definition) is 5. The molecule has 2 fully saturated rings. The number of hydrogen-bond donors (Lipinski definition) is 0. The third-order valence-corrected chi connectivity index (χ3v) is 5.19. The fourth-order valence-corrected chi connectivity index (χ4v) is 3.81. The van der Waals surface area contributed by atoms with Gasteiger partial charge < -0.3 is 14.5 Å². The summed E-state index contributed by atoms with van der Waals surface area (Å²) in [7, 11) is 0. The van der Waals surface area contributed by atoms with Gasteiger partial charge >= 0.3 is 6.09 Å². The minimum atomic E-state index is -0.614. The molecular weight excluding hydrogens is 391 g/mol. The topological polar surface area (TPSA) is 102 Å². The van der Waals surface area contributed by atoms with Crippen molar-refractivity contribution in [2.24, 2.45) is 5.11 Å². The van der Waals surface area contributed by atoms with Gasteiger partial charge in [0.1, 0.15) is 17.5 Å². The van der Waals surface area contributed by atoms with Crippen LogP contribution in [0, 0.1) is 5.82 Å². The van der Waals surface area contributed by atoms with E-state index in [4.69, 9.17) is 10.3 Å². The van der Waals surface area contributed by atoms with Crippen LogP contribution in [0.5, 0.6) is 0 Å². The maximum atomic E-state index is 14.4. The van der Waals surface area contributed by atoms with Crippen LogP contribution in [0.25, 0.3) is 10.4 Å².